The third-order valence-corrected chi connectivity index (χ3v) is 2.29. The molecule has 8 heteroatoms. The van der Waals surface area contributed by atoms with Gasteiger partial charge in [0.25, 0.3) is 17.5 Å². The Morgan fingerprint density at radius 2 is 1.89 bits per heavy atom. The quantitative estimate of drug-likeness (QED) is 0.494. The summed E-state index contributed by atoms with van der Waals surface area (Å²) in [6, 6.07) is 4.92. The monoisotopic (exact) mass is 261 g/mol. The van der Waals surface area contributed by atoms with Gasteiger partial charge >= 0.3 is 0 Å². The van der Waals surface area contributed by atoms with E-state index < -0.39 is 16.6 Å². The van der Waals surface area contributed by atoms with Crippen LogP contribution in [0.1, 0.15) is 26.7 Å². The van der Waals surface area contributed by atoms with Crippen LogP contribution in [0.5, 0.6) is 0 Å². The van der Waals surface area contributed by atoms with Crippen LogP contribution < -0.4 is 5.73 Å². The van der Waals surface area contributed by atoms with E-state index in [1.807, 2.05) is 0 Å². The van der Waals surface area contributed by atoms with E-state index in [-0.39, 0.29) is 22.8 Å². The molecule has 2 aromatic rings. The maximum atomic E-state index is 11.9. The van der Waals surface area contributed by atoms with Crippen molar-refractivity contribution < 1.29 is 18.9 Å². The van der Waals surface area contributed by atoms with Gasteiger partial charge in [-0.3, -0.25) is 19.7 Å². The van der Waals surface area contributed by atoms with Crippen LogP contribution in [0.4, 0.5) is 5.69 Å². The lowest BCUT2D eigenvalue weighted by Crippen LogP contribution is -2.12. The summed E-state index contributed by atoms with van der Waals surface area (Å²) in [7, 11) is 0. The molecule has 0 aliphatic carbocycles. The average molecular weight is 261 g/mol. The summed E-state index contributed by atoms with van der Waals surface area (Å²) in [6.45, 7) is 0. The normalized spacial score (nSPS) is 10.1. The van der Waals surface area contributed by atoms with Crippen molar-refractivity contribution in [3.8, 4) is 0 Å². The molecule has 1 heterocycles. The molecular weight excluding hydrogens is 254 g/mol. The van der Waals surface area contributed by atoms with Gasteiger partial charge in [0.1, 0.15) is 6.26 Å². The first-order valence-electron chi connectivity index (χ1n) is 5.03. The molecule has 1 amide bonds. The van der Waals surface area contributed by atoms with Crippen molar-refractivity contribution in [1.29, 1.82) is 0 Å². The second-order valence-electron chi connectivity index (χ2n) is 3.54. The molecule has 0 bridgehead atoms. The molecule has 1 aromatic heterocycles. The number of nitrogens with zero attached hydrogens (tertiary/aromatic N) is 2. The van der Waals surface area contributed by atoms with E-state index in [2.05, 4.69) is 4.98 Å². The Kier molecular flexibility index (Phi) is 3.06. The summed E-state index contributed by atoms with van der Waals surface area (Å²) in [5.74, 6) is -1.71. The molecule has 0 unspecified atom stereocenters. The lowest BCUT2D eigenvalue weighted by Gasteiger charge is -1.96. The van der Waals surface area contributed by atoms with E-state index in [9.17, 15) is 19.7 Å². The van der Waals surface area contributed by atoms with Gasteiger partial charge in [-0.25, -0.2) is 4.98 Å². The third-order valence-electron chi connectivity index (χ3n) is 2.29. The molecule has 0 saturated heterocycles. The maximum absolute atomic E-state index is 11.9. The highest BCUT2D eigenvalue weighted by Crippen LogP contribution is 2.15. The molecular formula is C11H7N3O5. The first kappa shape index (κ1) is 12.4. The zero-order valence-corrected chi connectivity index (χ0v) is 9.40. The van der Waals surface area contributed by atoms with Gasteiger partial charge in [0, 0.05) is 17.7 Å². The standard InChI is InChI=1S/C11H7N3O5/c12-10(16)8-5-19-11(13-8)9(15)6-1-3-7(4-2-6)14(17)18/h1-5H,(H2,12,16). The highest BCUT2D eigenvalue weighted by Gasteiger charge is 2.18. The Balaban J connectivity index is 2.27. The Labute approximate surface area is 106 Å². The SMILES string of the molecule is NC(=O)c1coc(C(=O)c2ccc([N+](=O)[O-])cc2)n1. The molecule has 0 spiro atoms. The second kappa shape index (κ2) is 4.69. The van der Waals surface area contributed by atoms with Gasteiger partial charge < -0.3 is 10.2 Å². The van der Waals surface area contributed by atoms with Crippen LogP contribution in [0.25, 0.3) is 0 Å². The zero-order chi connectivity index (χ0) is 14.0. The minimum absolute atomic E-state index is 0.137. The number of benzene rings is 1. The topological polar surface area (TPSA) is 129 Å². The largest absolute Gasteiger partial charge is 0.441 e. The number of non-ortho nitro benzene ring substituents is 1. The first-order chi connectivity index (χ1) is 8.99. The van der Waals surface area contributed by atoms with Gasteiger partial charge in [0.15, 0.2) is 5.69 Å². The fraction of sp³-hybridized carbons (Fsp3) is 0. The molecule has 96 valence electrons. The van der Waals surface area contributed by atoms with Crippen LogP contribution in [0.3, 0.4) is 0 Å². The van der Waals surface area contributed by atoms with Crippen molar-refractivity contribution >= 4 is 17.4 Å². The van der Waals surface area contributed by atoms with Crippen LogP contribution in [0.15, 0.2) is 34.9 Å². The number of ketones is 1. The van der Waals surface area contributed by atoms with Crippen molar-refractivity contribution in [3.63, 3.8) is 0 Å². The van der Waals surface area contributed by atoms with E-state index in [4.69, 9.17) is 10.2 Å². The fourth-order valence-electron chi connectivity index (χ4n) is 1.35. The predicted octanol–water partition coefficient (Wildman–Crippen LogP) is 0.913. The van der Waals surface area contributed by atoms with Crippen molar-refractivity contribution in [2.24, 2.45) is 5.73 Å². The van der Waals surface area contributed by atoms with Crippen LogP contribution in [-0.2, 0) is 0 Å². The van der Waals surface area contributed by atoms with Gasteiger partial charge in [-0.2, -0.15) is 0 Å². The zero-order valence-electron chi connectivity index (χ0n) is 9.40. The summed E-state index contributed by atoms with van der Waals surface area (Å²) < 4.78 is 4.82. The Morgan fingerprint density at radius 3 is 2.37 bits per heavy atom. The number of nitrogens with two attached hydrogens (primary N) is 1. The first-order valence-corrected chi connectivity index (χ1v) is 5.03. The van der Waals surface area contributed by atoms with Gasteiger partial charge in [-0.1, -0.05) is 0 Å². The van der Waals surface area contributed by atoms with Crippen molar-refractivity contribution in [2.75, 3.05) is 0 Å². The number of hydrogen-bond acceptors (Lipinski definition) is 6. The average Bonchev–Trinajstić information content (AvgIpc) is 2.87. The van der Waals surface area contributed by atoms with Crippen molar-refractivity contribution in [2.45, 2.75) is 0 Å². The van der Waals surface area contributed by atoms with E-state index in [0.29, 0.717) is 0 Å². The predicted molar refractivity (Wildman–Crippen MR) is 61.5 cm³/mol. The molecule has 2 N–H and O–H groups in total. The fourth-order valence-corrected chi connectivity index (χ4v) is 1.35. The summed E-state index contributed by atoms with van der Waals surface area (Å²) in [4.78, 5) is 36.2. The number of carbonyl (C=O) groups is 2. The van der Waals surface area contributed by atoms with Crippen LogP contribution in [0.2, 0.25) is 0 Å². The molecule has 0 aliphatic rings. The minimum Gasteiger partial charge on any atom is -0.441 e. The number of amides is 1. The van der Waals surface area contributed by atoms with Gasteiger partial charge in [0.2, 0.25) is 5.78 Å². The maximum Gasteiger partial charge on any atom is 0.270 e. The molecule has 0 aliphatic heterocycles. The third kappa shape index (κ3) is 2.46. The molecule has 0 radical (unpaired) electrons. The van der Waals surface area contributed by atoms with E-state index in [1.54, 1.807) is 0 Å². The molecule has 0 atom stereocenters. The van der Waals surface area contributed by atoms with Gasteiger partial charge in [0.05, 0.1) is 4.92 Å². The van der Waals surface area contributed by atoms with E-state index >= 15 is 0 Å². The molecule has 2 rings (SSSR count). The van der Waals surface area contributed by atoms with Crippen LogP contribution in [-0.4, -0.2) is 21.6 Å². The number of carbonyl (C=O) groups excluding carboxylic acids is 2. The van der Waals surface area contributed by atoms with Crippen LogP contribution >= 0.6 is 0 Å². The number of nitro groups is 1. The minimum atomic E-state index is -0.813. The summed E-state index contributed by atoms with van der Waals surface area (Å²) in [5, 5.41) is 10.5. The number of aromatic nitrogens is 1. The van der Waals surface area contributed by atoms with Gasteiger partial charge in [-0.15, -0.1) is 0 Å². The molecule has 8 nitrogen and oxygen atoms in total. The summed E-state index contributed by atoms with van der Waals surface area (Å²) in [5.41, 5.74) is 4.83. The molecule has 19 heavy (non-hydrogen) atoms. The second-order valence-corrected chi connectivity index (χ2v) is 3.54. The van der Waals surface area contributed by atoms with Crippen LogP contribution in [0, 0.1) is 10.1 Å². The number of nitro benzene ring substituents is 1. The Bertz CT molecular complexity index is 659. The number of rotatable bonds is 4. The van der Waals surface area contributed by atoms with E-state index in [0.717, 1.165) is 6.26 Å². The number of primary amides is 1. The van der Waals surface area contributed by atoms with Gasteiger partial charge in [-0.05, 0) is 12.1 Å². The molecule has 1 aromatic carbocycles. The smallest absolute Gasteiger partial charge is 0.270 e. The molecule has 0 fully saturated rings. The number of hydrogen-bond donors (Lipinski definition) is 1. The number of oxazole rings is 1. The lowest BCUT2D eigenvalue weighted by molar-refractivity contribution is -0.384. The van der Waals surface area contributed by atoms with Crippen molar-refractivity contribution in [3.05, 3.63) is 57.8 Å². The Morgan fingerprint density at radius 1 is 1.26 bits per heavy atom. The van der Waals surface area contributed by atoms with E-state index in [1.165, 1.54) is 24.3 Å². The molecule has 0 saturated carbocycles. The summed E-state index contributed by atoms with van der Waals surface area (Å²) >= 11 is 0. The highest BCUT2D eigenvalue weighted by molar-refractivity contribution is 6.06. The summed E-state index contributed by atoms with van der Waals surface area (Å²) in [6.07, 6.45) is 0.973. The van der Waals surface area contributed by atoms with Crippen molar-refractivity contribution in [1.82, 2.24) is 4.98 Å². The highest BCUT2D eigenvalue weighted by atomic mass is 16.6. The lowest BCUT2D eigenvalue weighted by atomic mass is 10.1. The Hall–Kier alpha value is -3.03.